The molecule has 0 saturated heterocycles. The number of amides is 1. The molecule has 5 nitrogen and oxygen atoms in total. The molecule has 0 saturated carbocycles. The van der Waals surface area contributed by atoms with Crippen LogP contribution in [0, 0.1) is 5.82 Å². The van der Waals surface area contributed by atoms with Crippen LogP contribution in [0.4, 0.5) is 4.39 Å². The third kappa shape index (κ3) is 3.80. The molecule has 0 spiro atoms. The Morgan fingerprint density at radius 1 is 1.29 bits per heavy atom. The molecule has 8 heteroatoms. The topological polar surface area (TPSA) is 68.0 Å². The zero-order valence-electron chi connectivity index (χ0n) is 12.1. The highest BCUT2D eigenvalue weighted by Gasteiger charge is 2.14. The van der Waals surface area contributed by atoms with Gasteiger partial charge in [-0.1, -0.05) is 44.8 Å². The first kappa shape index (κ1) is 16.6. The molecular formula is C16H10BrClFN3O2. The standard InChI is InChI=1S/C16H10BrClFN3O2/c17-10-3-1-2-9(6-10)15-21-14(24-22-15)8-20-16(23)12-5-4-11(18)7-13(12)19/h1-7H,8H2,(H,20,23). The van der Waals surface area contributed by atoms with E-state index in [4.69, 9.17) is 16.1 Å². The summed E-state index contributed by atoms with van der Waals surface area (Å²) in [7, 11) is 0. The van der Waals surface area contributed by atoms with Gasteiger partial charge in [0, 0.05) is 15.1 Å². The van der Waals surface area contributed by atoms with Gasteiger partial charge >= 0.3 is 0 Å². The molecule has 1 amide bonds. The van der Waals surface area contributed by atoms with E-state index in [-0.39, 0.29) is 23.0 Å². The maximum Gasteiger partial charge on any atom is 0.254 e. The lowest BCUT2D eigenvalue weighted by molar-refractivity contribution is 0.0942. The Balaban J connectivity index is 1.68. The lowest BCUT2D eigenvalue weighted by atomic mass is 10.2. The molecule has 3 aromatic rings. The van der Waals surface area contributed by atoms with Crippen LogP contribution in [-0.2, 0) is 6.54 Å². The van der Waals surface area contributed by atoms with Crippen LogP contribution < -0.4 is 5.32 Å². The van der Waals surface area contributed by atoms with Crippen LogP contribution in [0.15, 0.2) is 51.5 Å². The molecule has 0 radical (unpaired) electrons. The first-order valence-electron chi connectivity index (χ1n) is 6.85. The maximum absolute atomic E-state index is 13.7. The van der Waals surface area contributed by atoms with E-state index in [0.717, 1.165) is 16.1 Å². The van der Waals surface area contributed by atoms with Crippen molar-refractivity contribution in [2.24, 2.45) is 0 Å². The quantitative estimate of drug-likeness (QED) is 0.699. The monoisotopic (exact) mass is 409 g/mol. The summed E-state index contributed by atoms with van der Waals surface area (Å²) in [5, 5.41) is 6.60. The smallest absolute Gasteiger partial charge is 0.254 e. The molecule has 1 heterocycles. The molecule has 0 aliphatic rings. The number of rotatable bonds is 4. The second kappa shape index (κ2) is 7.11. The first-order chi connectivity index (χ1) is 11.5. The number of hydrogen-bond donors (Lipinski definition) is 1. The van der Waals surface area contributed by atoms with Crippen molar-refractivity contribution in [2.75, 3.05) is 0 Å². The summed E-state index contributed by atoms with van der Waals surface area (Å²) >= 11 is 9.02. The fraction of sp³-hybridized carbons (Fsp3) is 0.0625. The SMILES string of the molecule is O=C(NCc1nc(-c2cccc(Br)c2)no1)c1ccc(Cl)cc1F. The minimum atomic E-state index is -0.694. The highest BCUT2D eigenvalue weighted by Crippen LogP contribution is 2.20. The van der Waals surface area contributed by atoms with Gasteiger partial charge in [0.25, 0.3) is 5.91 Å². The zero-order chi connectivity index (χ0) is 17.1. The predicted molar refractivity (Wildman–Crippen MR) is 90.0 cm³/mol. The highest BCUT2D eigenvalue weighted by atomic mass is 79.9. The van der Waals surface area contributed by atoms with Crippen molar-refractivity contribution in [3.63, 3.8) is 0 Å². The molecule has 0 atom stereocenters. The van der Waals surface area contributed by atoms with Gasteiger partial charge in [0.2, 0.25) is 11.7 Å². The Labute approximate surface area is 150 Å². The maximum atomic E-state index is 13.7. The fourth-order valence-corrected chi connectivity index (χ4v) is 2.55. The van der Waals surface area contributed by atoms with Gasteiger partial charge in [0.15, 0.2) is 0 Å². The minimum Gasteiger partial charge on any atom is -0.343 e. The van der Waals surface area contributed by atoms with Gasteiger partial charge in [-0.15, -0.1) is 0 Å². The molecule has 2 aromatic carbocycles. The molecule has 122 valence electrons. The lowest BCUT2D eigenvalue weighted by Crippen LogP contribution is -2.24. The Kier molecular flexibility index (Phi) is 4.92. The summed E-state index contributed by atoms with van der Waals surface area (Å²) in [6.45, 7) is -0.0120. The summed E-state index contributed by atoms with van der Waals surface area (Å²) in [5.41, 5.74) is 0.667. The van der Waals surface area contributed by atoms with Crippen LogP contribution in [0.25, 0.3) is 11.4 Å². The Morgan fingerprint density at radius 3 is 2.88 bits per heavy atom. The Morgan fingerprint density at radius 2 is 2.12 bits per heavy atom. The average Bonchev–Trinajstić information content (AvgIpc) is 3.01. The molecule has 0 unspecified atom stereocenters. The van der Waals surface area contributed by atoms with Crippen molar-refractivity contribution < 1.29 is 13.7 Å². The van der Waals surface area contributed by atoms with Crippen molar-refractivity contribution in [3.05, 3.63) is 69.2 Å². The normalized spacial score (nSPS) is 10.6. The van der Waals surface area contributed by atoms with Gasteiger partial charge in [0.05, 0.1) is 12.1 Å². The Hall–Kier alpha value is -2.25. The summed E-state index contributed by atoms with van der Waals surface area (Å²) in [4.78, 5) is 16.2. The van der Waals surface area contributed by atoms with Crippen LogP contribution >= 0.6 is 27.5 Å². The number of halogens is 3. The van der Waals surface area contributed by atoms with E-state index in [9.17, 15) is 9.18 Å². The van der Waals surface area contributed by atoms with Crippen LogP contribution in [0.1, 0.15) is 16.2 Å². The summed E-state index contributed by atoms with van der Waals surface area (Å²) in [6, 6.07) is 11.2. The molecular weight excluding hydrogens is 401 g/mol. The van der Waals surface area contributed by atoms with Crippen LogP contribution in [0.2, 0.25) is 5.02 Å². The molecule has 24 heavy (non-hydrogen) atoms. The third-order valence-corrected chi connectivity index (χ3v) is 3.86. The molecule has 0 fully saturated rings. The van der Waals surface area contributed by atoms with E-state index in [1.165, 1.54) is 12.1 Å². The molecule has 0 bridgehead atoms. The van der Waals surface area contributed by atoms with Gasteiger partial charge in [0.1, 0.15) is 5.82 Å². The zero-order valence-corrected chi connectivity index (χ0v) is 14.4. The number of benzene rings is 2. The minimum absolute atomic E-state index is 0.0120. The molecule has 1 aromatic heterocycles. The van der Waals surface area contributed by atoms with E-state index in [2.05, 4.69) is 31.4 Å². The fourth-order valence-electron chi connectivity index (χ4n) is 2.00. The molecule has 0 aliphatic carbocycles. The van der Waals surface area contributed by atoms with Gasteiger partial charge in [-0.2, -0.15) is 4.98 Å². The number of aromatic nitrogens is 2. The largest absolute Gasteiger partial charge is 0.343 e. The van der Waals surface area contributed by atoms with Gasteiger partial charge in [-0.3, -0.25) is 4.79 Å². The number of carbonyl (C=O) groups excluding carboxylic acids is 1. The predicted octanol–water partition coefficient (Wildman–Crippen LogP) is 4.22. The summed E-state index contributed by atoms with van der Waals surface area (Å²) < 4.78 is 19.7. The Bertz CT molecular complexity index is 901. The van der Waals surface area contributed by atoms with Gasteiger partial charge in [-0.05, 0) is 30.3 Å². The molecule has 0 aliphatic heterocycles. The van der Waals surface area contributed by atoms with Gasteiger partial charge < -0.3 is 9.84 Å². The number of nitrogens with zero attached hydrogens (tertiary/aromatic N) is 2. The lowest BCUT2D eigenvalue weighted by Gasteiger charge is -2.03. The van der Waals surface area contributed by atoms with E-state index in [0.29, 0.717) is 5.82 Å². The van der Waals surface area contributed by atoms with E-state index in [1.54, 1.807) is 0 Å². The summed E-state index contributed by atoms with van der Waals surface area (Å²) in [5.74, 6) is -0.669. The third-order valence-electron chi connectivity index (χ3n) is 3.13. The van der Waals surface area contributed by atoms with Gasteiger partial charge in [-0.25, -0.2) is 4.39 Å². The van der Waals surface area contributed by atoms with E-state index >= 15 is 0 Å². The van der Waals surface area contributed by atoms with E-state index in [1.807, 2.05) is 24.3 Å². The number of carbonyl (C=O) groups is 1. The van der Waals surface area contributed by atoms with Crippen LogP contribution in [-0.4, -0.2) is 16.0 Å². The van der Waals surface area contributed by atoms with Crippen molar-refractivity contribution in [3.8, 4) is 11.4 Å². The highest BCUT2D eigenvalue weighted by molar-refractivity contribution is 9.10. The first-order valence-corrected chi connectivity index (χ1v) is 8.02. The molecule has 1 N–H and O–H groups in total. The average molecular weight is 411 g/mol. The second-order valence-corrected chi connectivity index (χ2v) is 6.18. The van der Waals surface area contributed by atoms with Crippen LogP contribution in [0.3, 0.4) is 0 Å². The number of hydrogen-bond acceptors (Lipinski definition) is 4. The molecule has 3 rings (SSSR count). The van der Waals surface area contributed by atoms with Crippen molar-refractivity contribution in [1.29, 1.82) is 0 Å². The summed E-state index contributed by atoms with van der Waals surface area (Å²) in [6.07, 6.45) is 0. The van der Waals surface area contributed by atoms with Crippen molar-refractivity contribution in [1.82, 2.24) is 15.5 Å². The second-order valence-electron chi connectivity index (χ2n) is 4.83. The van der Waals surface area contributed by atoms with E-state index < -0.39 is 11.7 Å². The number of nitrogens with one attached hydrogen (secondary N) is 1. The van der Waals surface area contributed by atoms with Crippen molar-refractivity contribution in [2.45, 2.75) is 6.54 Å². The van der Waals surface area contributed by atoms with Crippen molar-refractivity contribution >= 4 is 33.4 Å². The van der Waals surface area contributed by atoms with Crippen LogP contribution in [0.5, 0.6) is 0 Å².